The fourth-order valence-electron chi connectivity index (χ4n) is 0.797. The summed E-state index contributed by atoms with van der Waals surface area (Å²) in [6.45, 7) is -0.524. The zero-order chi connectivity index (χ0) is 11.0. The molecule has 4 nitrogen and oxygen atoms in total. The van der Waals surface area contributed by atoms with Gasteiger partial charge in [0.1, 0.15) is 6.61 Å². The molecule has 0 unspecified atom stereocenters. The third-order valence-electron chi connectivity index (χ3n) is 1.57. The maximum atomic E-state index is 11.6. The molecule has 14 heavy (non-hydrogen) atoms. The molecule has 0 aliphatic rings. The number of amides is 1. The molecule has 0 atom stereocenters. The van der Waals surface area contributed by atoms with E-state index < -0.39 is 13.0 Å². The van der Waals surface area contributed by atoms with Crippen LogP contribution in [0.2, 0.25) is 0 Å². The van der Waals surface area contributed by atoms with Crippen molar-refractivity contribution in [2.75, 3.05) is 33.4 Å². The molecule has 0 saturated carbocycles. The summed E-state index contributed by atoms with van der Waals surface area (Å²) in [5, 5.41) is 8.51. The summed E-state index contributed by atoms with van der Waals surface area (Å²) >= 11 is 0. The van der Waals surface area contributed by atoms with E-state index in [2.05, 4.69) is 4.74 Å². The van der Waals surface area contributed by atoms with Gasteiger partial charge >= 0.3 is 0 Å². The van der Waals surface area contributed by atoms with E-state index in [-0.39, 0.29) is 32.1 Å². The molecule has 0 aliphatic heterocycles. The van der Waals surface area contributed by atoms with E-state index in [1.807, 2.05) is 0 Å². The van der Waals surface area contributed by atoms with Gasteiger partial charge in [0.2, 0.25) is 5.91 Å². The van der Waals surface area contributed by atoms with Crippen LogP contribution in [0.25, 0.3) is 0 Å². The van der Waals surface area contributed by atoms with Gasteiger partial charge in [-0.1, -0.05) is 0 Å². The minimum absolute atomic E-state index is 0.0149. The lowest BCUT2D eigenvalue weighted by Gasteiger charge is -2.15. The topological polar surface area (TPSA) is 49.8 Å². The molecule has 0 heterocycles. The molecule has 6 heteroatoms. The molecule has 0 aliphatic carbocycles. The highest BCUT2D eigenvalue weighted by molar-refractivity contribution is 5.75. The number of ether oxygens (including phenoxy) is 1. The second-order valence-corrected chi connectivity index (χ2v) is 2.75. The second-order valence-electron chi connectivity index (χ2n) is 2.75. The number of halogens is 2. The first kappa shape index (κ1) is 13.2. The quantitative estimate of drug-likeness (QED) is 0.608. The molecule has 0 fully saturated rings. The number of aliphatic hydroxyl groups is 1. The van der Waals surface area contributed by atoms with Crippen molar-refractivity contribution in [3.8, 4) is 0 Å². The van der Waals surface area contributed by atoms with E-state index in [1.165, 1.54) is 11.9 Å². The van der Waals surface area contributed by atoms with Crippen LogP contribution in [0, 0.1) is 0 Å². The Morgan fingerprint density at radius 3 is 2.71 bits per heavy atom. The van der Waals surface area contributed by atoms with E-state index in [0.29, 0.717) is 0 Å². The van der Waals surface area contributed by atoms with Gasteiger partial charge in [-0.25, -0.2) is 8.78 Å². The van der Waals surface area contributed by atoms with Crippen LogP contribution in [-0.4, -0.2) is 55.8 Å². The van der Waals surface area contributed by atoms with Crippen molar-refractivity contribution in [3.63, 3.8) is 0 Å². The Kier molecular flexibility index (Phi) is 7.23. The largest absolute Gasteiger partial charge is 0.395 e. The minimum atomic E-state index is -2.50. The summed E-state index contributed by atoms with van der Waals surface area (Å²) in [6, 6.07) is 0. The lowest BCUT2D eigenvalue weighted by Crippen LogP contribution is -2.30. The monoisotopic (exact) mass is 211 g/mol. The number of carbonyl (C=O) groups excluding carboxylic acids is 1. The second kappa shape index (κ2) is 7.64. The van der Waals surface area contributed by atoms with Gasteiger partial charge in [-0.15, -0.1) is 0 Å². The fourth-order valence-corrected chi connectivity index (χ4v) is 0.797. The predicted octanol–water partition coefficient (Wildman–Crippen LogP) is 0.109. The van der Waals surface area contributed by atoms with E-state index in [4.69, 9.17) is 5.11 Å². The Bertz CT molecular complexity index is 167. The van der Waals surface area contributed by atoms with E-state index >= 15 is 0 Å². The van der Waals surface area contributed by atoms with Crippen molar-refractivity contribution in [1.29, 1.82) is 0 Å². The molecule has 0 aromatic carbocycles. The molecule has 0 aromatic heterocycles. The Morgan fingerprint density at radius 1 is 1.57 bits per heavy atom. The Labute approximate surface area is 81.5 Å². The molecule has 0 radical (unpaired) electrons. The Morgan fingerprint density at radius 2 is 2.21 bits per heavy atom. The first-order chi connectivity index (χ1) is 6.57. The number of hydrogen-bond acceptors (Lipinski definition) is 3. The summed E-state index contributed by atoms with van der Waals surface area (Å²) in [5.74, 6) is -0.228. The van der Waals surface area contributed by atoms with Crippen LogP contribution in [0.1, 0.15) is 6.42 Å². The van der Waals surface area contributed by atoms with Crippen molar-refractivity contribution >= 4 is 5.91 Å². The third-order valence-corrected chi connectivity index (χ3v) is 1.57. The minimum Gasteiger partial charge on any atom is -0.395 e. The van der Waals surface area contributed by atoms with E-state index in [9.17, 15) is 13.6 Å². The van der Waals surface area contributed by atoms with Crippen molar-refractivity contribution in [1.82, 2.24) is 4.90 Å². The fraction of sp³-hybridized carbons (Fsp3) is 0.875. The summed E-state index contributed by atoms with van der Waals surface area (Å²) in [4.78, 5) is 12.5. The summed E-state index contributed by atoms with van der Waals surface area (Å²) in [6.07, 6.45) is -2.44. The van der Waals surface area contributed by atoms with Gasteiger partial charge in [0.25, 0.3) is 6.43 Å². The average molecular weight is 211 g/mol. The number of nitrogens with zero attached hydrogens (tertiary/aromatic N) is 1. The molecule has 0 spiro atoms. The number of hydrogen-bond donors (Lipinski definition) is 1. The number of alkyl halides is 2. The molecule has 0 aromatic rings. The first-order valence-electron chi connectivity index (χ1n) is 4.28. The van der Waals surface area contributed by atoms with Crippen LogP contribution < -0.4 is 0 Å². The van der Waals surface area contributed by atoms with Crippen LogP contribution in [0.3, 0.4) is 0 Å². The van der Waals surface area contributed by atoms with Crippen LogP contribution in [0.5, 0.6) is 0 Å². The van der Waals surface area contributed by atoms with Gasteiger partial charge in [-0.3, -0.25) is 4.79 Å². The average Bonchev–Trinajstić information content (AvgIpc) is 2.12. The molecule has 0 saturated heterocycles. The maximum Gasteiger partial charge on any atom is 0.261 e. The molecule has 84 valence electrons. The van der Waals surface area contributed by atoms with Crippen LogP contribution in [-0.2, 0) is 9.53 Å². The summed E-state index contributed by atoms with van der Waals surface area (Å²) in [7, 11) is 1.53. The third kappa shape index (κ3) is 6.73. The standard InChI is InChI=1S/C8H15F2NO3/c1-11(3-4-12)8(13)2-5-14-6-7(9)10/h7,12H,2-6H2,1H3. The molecule has 0 bridgehead atoms. The highest BCUT2D eigenvalue weighted by Crippen LogP contribution is 1.95. The highest BCUT2D eigenvalue weighted by Gasteiger charge is 2.08. The van der Waals surface area contributed by atoms with E-state index in [1.54, 1.807) is 0 Å². The summed E-state index contributed by atoms with van der Waals surface area (Å²) < 4.78 is 27.7. The first-order valence-corrected chi connectivity index (χ1v) is 4.28. The molecule has 1 N–H and O–H groups in total. The molecular weight excluding hydrogens is 196 g/mol. The van der Waals surface area contributed by atoms with Gasteiger partial charge in [0.15, 0.2) is 0 Å². The lowest BCUT2D eigenvalue weighted by atomic mass is 10.4. The zero-order valence-corrected chi connectivity index (χ0v) is 8.08. The van der Waals surface area contributed by atoms with Gasteiger partial charge in [0, 0.05) is 13.6 Å². The van der Waals surface area contributed by atoms with Gasteiger partial charge in [0.05, 0.1) is 19.6 Å². The lowest BCUT2D eigenvalue weighted by molar-refractivity contribution is -0.131. The van der Waals surface area contributed by atoms with Crippen LogP contribution in [0.4, 0.5) is 8.78 Å². The smallest absolute Gasteiger partial charge is 0.261 e. The number of rotatable bonds is 7. The summed E-state index contributed by atoms with van der Waals surface area (Å²) in [5.41, 5.74) is 0. The highest BCUT2D eigenvalue weighted by atomic mass is 19.3. The van der Waals surface area contributed by atoms with Gasteiger partial charge in [-0.2, -0.15) is 0 Å². The SMILES string of the molecule is CN(CCO)C(=O)CCOCC(F)F. The van der Waals surface area contributed by atoms with Crippen LogP contribution in [0.15, 0.2) is 0 Å². The number of likely N-dealkylation sites (N-methyl/N-ethyl adjacent to an activating group) is 1. The van der Waals surface area contributed by atoms with Gasteiger partial charge in [-0.05, 0) is 0 Å². The van der Waals surface area contributed by atoms with Crippen molar-refractivity contribution in [3.05, 3.63) is 0 Å². The van der Waals surface area contributed by atoms with Gasteiger partial charge < -0.3 is 14.7 Å². The van der Waals surface area contributed by atoms with Crippen molar-refractivity contribution in [2.24, 2.45) is 0 Å². The number of aliphatic hydroxyl groups excluding tert-OH is 1. The number of carbonyl (C=O) groups is 1. The maximum absolute atomic E-state index is 11.6. The Hall–Kier alpha value is -0.750. The van der Waals surface area contributed by atoms with Crippen molar-refractivity contribution in [2.45, 2.75) is 12.8 Å². The van der Waals surface area contributed by atoms with E-state index in [0.717, 1.165) is 0 Å². The normalized spacial score (nSPS) is 10.6. The zero-order valence-electron chi connectivity index (χ0n) is 8.08. The Balaban J connectivity index is 3.44. The van der Waals surface area contributed by atoms with Crippen molar-refractivity contribution < 1.29 is 23.4 Å². The van der Waals surface area contributed by atoms with Crippen LogP contribution >= 0.6 is 0 Å². The predicted molar refractivity (Wildman–Crippen MR) is 46.2 cm³/mol. The molecular formula is C8H15F2NO3. The molecule has 1 amide bonds. The molecule has 0 rings (SSSR count).